The van der Waals surface area contributed by atoms with Gasteiger partial charge in [0.1, 0.15) is 0 Å². The molecule has 21 heavy (non-hydrogen) atoms. The highest BCUT2D eigenvalue weighted by Gasteiger charge is 2.05. The van der Waals surface area contributed by atoms with Gasteiger partial charge in [-0.15, -0.1) is 0 Å². The van der Waals surface area contributed by atoms with E-state index in [9.17, 15) is 0 Å². The zero-order valence-electron chi connectivity index (χ0n) is 11.2. The Hall–Kier alpha value is -2.01. The number of aromatic nitrogens is 1. The normalized spacial score (nSPS) is 11.1. The van der Waals surface area contributed by atoms with E-state index >= 15 is 0 Å². The Morgan fingerprint density at radius 1 is 0.714 bits per heavy atom. The summed E-state index contributed by atoms with van der Waals surface area (Å²) in [5, 5.41) is 5.98. The first-order valence-electron chi connectivity index (χ1n) is 6.83. The fourth-order valence-electron chi connectivity index (χ4n) is 2.64. The maximum atomic E-state index is 3.47. The lowest BCUT2D eigenvalue weighted by atomic mass is 10.1. The summed E-state index contributed by atoms with van der Waals surface area (Å²) in [5.74, 6) is 0. The number of para-hydroxylation sites is 1. The molecule has 0 aliphatic heterocycles. The first kappa shape index (κ1) is 12.7. The van der Waals surface area contributed by atoms with Crippen LogP contribution in [0, 0.1) is 3.57 Å². The number of fused-ring (bicyclic) bond motifs is 3. The lowest BCUT2D eigenvalue weighted by Crippen LogP contribution is -1.88. The Morgan fingerprint density at radius 3 is 2.24 bits per heavy atom. The molecule has 0 unspecified atom stereocenters. The van der Waals surface area contributed by atoms with Crippen molar-refractivity contribution in [2.45, 2.75) is 0 Å². The molecule has 1 aromatic heterocycles. The number of aromatic amines is 1. The van der Waals surface area contributed by atoms with Crippen molar-refractivity contribution in [3.63, 3.8) is 0 Å². The number of halogens is 1. The van der Waals surface area contributed by atoms with Crippen LogP contribution in [0.2, 0.25) is 0 Å². The van der Waals surface area contributed by atoms with Gasteiger partial charge in [-0.2, -0.15) is 0 Å². The summed E-state index contributed by atoms with van der Waals surface area (Å²) in [4.78, 5) is 3.47. The van der Waals surface area contributed by atoms with Crippen LogP contribution >= 0.6 is 22.6 Å². The van der Waals surface area contributed by atoms with Gasteiger partial charge in [-0.05, 0) is 71.1 Å². The number of anilines is 2. The molecule has 3 heteroatoms. The molecule has 2 nitrogen and oxygen atoms in total. The van der Waals surface area contributed by atoms with Crippen LogP contribution in [-0.2, 0) is 0 Å². The van der Waals surface area contributed by atoms with E-state index < -0.39 is 0 Å². The molecule has 102 valence electrons. The van der Waals surface area contributed by atoms with Crippen LogP contribution in [-0.4, -0.2) is 4.98 Å². The van der Waals surface area contributed by atoms with Crippen LogP contribution in [0.4, 0.5) is 11.4 Å². The molecule has 3 aromatic carbocycles. The first-order valence-corrected chi connectivity index (χ1v) is 7.90. The second-order valence-corrected chi connectivity index (χ2v) is 6.31. The van der Waals surface area contributed by atoms with Gasteiger partial charge < -0.3 is 10.3 Å². The zero-order chi connectivity index (χ0) is 14.2. The number of hydrogen-bond donors (Lipinski definition) is 2. The summed E-state index contributed by atoms with van der Waals surface area (Å²) in [6, 6.07) is 23.2. The Morgan fingerprint density at radius 2 is 1.43 bits per heavy atom. The highest BCUT2D eigenvalue weighted by atomic mass is 127. The molecule has 0 fully saturated rings. The van der Waals surface area contributed by atoms with Crippen molar-refractivity contribution < 1.29 is 0 Å². The number of H-pyrrole nitrogens is 1. The Kier molecular flexibility index (Phi) is 3.07. The SMILES string of the molecule is Ic1ccc2[nH]c3ccc(Nc4ccccc4)cc3c2c1. The summed E-state index contributed by atoms with van der Waals surface area (Å²) in [7, 11) is 0. The van der Waals surface area contributed by atoms with Crippen molar-refractivity contribution >= 4 is 55.8 Å². The third kappa shape index (κ3) is 2.38. The second-order valence-electron chi connectivity index (χ2n) is 5.07. The smallest absolute Gasteiger partial charge is 0.0466 e. The van der Waals surface area contributed by atoms with E-state index in [-0.39, 0.29) is 0 Å². The van der Waals surface area contributed by atoms with E-state index in [1.54, 1.807) is 0 Å². The van der Waals surface area contributed by atoms with E-state index in [1.807, 2.05) is 18.2 Å². The molecule has 0 radical (unpaired) electrons. The van der Waals surface area contributed by atoms with Gasteiger partial charge in [-0.3, -0.25) is 0 Å². The maximum Gasteiger partial charge on any atom is 0.0466 e. The van der Waals surface area contributed by atoms with Crippen molar-refractivity contribution in [3.8, 4) is 0 Å². The van der Waals surface area contributed by atoms with Crippen molar-refractivity contribution in [2.24, 2.45) is 0 Å². The highest BCUT2D eigenvalue weighted by Crippen LogP contribution is 2.30. The fraction of sp³-hybridized carbons (Fsp3) is 0. The van der Waals surface area contributed by atoms with Gasteiger partial charge in [0, 0.05) is 36.8 Å². The van der Waals surface area contributed by atoms with Crippen LogP contribution < -0.4 is 5.32 Å². The summed E-state index contributed by atoms with van der Waals surface area (Å²) in [6.45, 7) is 0. The maximum absolute atomic E-state index is 3.47. The van der Waals surface area contributed by atoms with Gasteiger partial charge in [0.2, 0.25) is 0 Å². The van der Waals surface area contributed by atoms with E-state index in [1.165, 1.54) is 25.4 Å². The Balaban J connectivity index is 1.85. The number of nitrogens with one attached hydrogen (secondary N) is 2. The molecule has 0 spiro atoms. The monoisotopic (exact) mass is 384 g/mol. The van der Waals surface area contributed by atoms with Crippen LogP contribution in [0.3, 0.4) is 0 Å². The Bertz CT molecular complexity index is 926. The predicted molar refractivity (Wildman–Crippen MR) is 98.2 cm³/mol. The quantitative estimate of drug-likeness (QED) is 0.429. The number of rotatable bonds is 2. The largest absolute Gasteiger partial charge is 0.356 e. The Labute approximate surface area is 136 Å². The third-order valence-electron chi connectivity index (χ3n) is 3.62. The van der Waals surface area contributed by atoms with Gasteiger partial charge in [-0.25, -0.2) is 0 Å². The summed E-state index contributed by atoms with van der Waals surface area (Å²) in [6.07, 6.45) is 0. The minimum Gasteiger partial charge on any atom is -0.356 e. The lowest BCUT2D eigenvalue weighted by molar-refractivity contribution is 1.53. The molecule has 0 aliphatic carbocycles. The third-order valence-corrected chi connectivity index (χ3v) is 4.29. The van der Waals surface area contributed by atoms with E-state index in [4.69, 9.17) is 0 Å². The van der Waals surface area contributed by atoms with Crippen LogP contribution in [0.15, 0.2) is 66.7 Å². The van der Waals surface area contributed by atoms with Crippen LogP contribution in [0.25, 0.3) is 21.8 Å². The first-order chi connectivity index (χ1) is 10.3. The van der Waals surface area contributed by atoms with Gasteiger partial charge in [0.15, 0.2) is 0 Å². The van der Waals surface area contributed by atoms with Crippen LogP contribution in [0.5, 0.6) is 0 Å². The summed E-state index contributed by atoms with van der Waals surface area (Å²) < 4.78 is 1.25. The lowest BCUT2D eigenvalue weighted by Gasteiger charge is -2.06. The molecule has 1 heterocycles. The van der Waals surface area contributed by atoms with Crippen molar-refractivity contribution in [1.29, 1.82) is 0 Å². The van der Waals surface area contributed by atoms with E-state index in [2.05, 4.69) is 81.4 Å². The van der Waals surface area contributed by atoms with Crippen molar-refractivity contribution in [1.82, 2.24) is 4.98 Å². The number of hydrogen-bond acceptors (Lipinski definition) is 1. The van der Waals surface area contributed by atoms with Gasteiger partial charge in [-0.1, -0.05) is 18.2 Å². The van der Waals surface area contributed by atoms with Gasteiger partial charge in [0.05, 0.1) is 0 Å². The molecule has 0 atom stereocenters. The standard InChI is InChI=1S/C18H13IN2/c19-12-6-8-17-15(10-12)16-11-14(7-9-18(16)21-17)20-13-4-2-1-3-5-13/h1-11,20-21H. The molecular formula is C18H13IN2. The predicted octanol–water partition coefficient (Wildman–Crippen LogP) is 5.67. The molecule has 0 saturated heterocycles. The van der Waals surface area contributed by atoms with E-state index in [0.29, 0.717) is 0 Å². The second kappa shape index (κ2) is 5.07. The fourth-order valence-corrected chi connectivity index (χ4v) is 3.13. The van der Waals surface area contributed by atoms with E-state index in [0.717, 1.165) is 11.4 Å². The average molecular weight is 384 g/mol. The van der Waals surface area contributed by atoms with Gasteiger partial charge >= 0.3 is 0 Å². The summed E-state index contributed by atoms with van der Waals surface area (Å²) >= 11 is 2.36. The molecule has 4 aromatic rings. The topological polar surface area (TPSA) is 27.8 Å². The minimum absolute atomic E-state index is 1.10. The molecule has 2 N–H and O–H groups in total. The number of benzene rings is 3. The average Bonchev–Trinajstić information content (AvgIpc) is 2.86. The minimum atomic E-state index is 1.10. The van der Waals surface area contributed by atoms with Gasteiger partial charge in [0.25, 0.3) is 0 Å². The molecule has 4 rings (SSSR count). The molecule has 0 bridgehead atoms. The van der Waals surface area contributed by atoms with Crippen molar-refractivity contribution in [3.05, 3.63) is 70.3 Å². The van der Waals surface area contributed by atoms with Crippen LogP contribution in [0.1, 0.15) is 0 Å². The molecule has 0 aliphatic rings. The molecule has 0 saturated carbocycles. The molecule has 0 amide bonds. The summed E-state index contributed by atoms with van der Waals surface area (Å²) in [5.41, 5.74) is 4.56. The molecular weight excluding hydrogens is 371 g/mol. The van der Waals surface area contributed by atoms with Crippen molar-refractivity contribution in [2.75, 3.05) is 5.32 Å². The highest BCUT2D eigenvalue weighted by molar-refractivity contribution is 14.1. The zero-order valence-corrected chi connectivity index (χ0v) is 13.4.